The van der Waals surface area contributed by atoms with Crippen LogP contribution in [0.2, 0.25) is 0 Å². The van der Waals surface area contributed by atoms with Crippen molar-refractivity contribution in [2.45, 2.75) is 38.3 Å². The van der Waals surface area contributed by atoms with Gasteiger partial charge < -0.3 is 14.8 Å². The van der Waals surface area contributed by atoms with Crippen LogP contribution < -0.4 is 10.1 Å². The Morgan fingerprint density at radius 3 is 2.78 bits per heavy atom. The summed E-state index contributed by atoms with van der Waals surface area (Å²) in [5.41, 5.74) is 1.34. The fourth-order valence-electron chi connectivity index (χ4n) is 2.33. The maximum absolute atomic E-state index is 5.60. The molecule has 1 saturated heterocycles. The van der Waals surface area contributed by atoms with Gasteiger partial charge in [0.2, 0.25) is 0 Å². The van der Waals surface area contributed by atoms with Crippen molar-refractivity contribution in [1.29, 1.82) is 0 Å². The maximum atomic E-state index is 5.60. The van der Waals surface area contributed by atoms with Crippen molar-refractivity contribution in [3.05, 3.63) is 29.8 Å². The fraction of sp³-hybridized carbons (Fsp3) is 0.600. The molecule has 100 valence electrons. The topological polar surface area (TPSA) is 30.5 Å². The number of rotatable bonds is 6. The summed E-state index contributed by atoms with van der Waals surface area (Å²) in [6, 6.07) is 8.76. The van der Waals surface area contributed by atoms with Gasteiger partial charge in [-0.15, -0.1) is 0 Å². The van der Waals surface area contributed by atoms with Crippen LogP contribution in [0, 0.1) is 0 Å². The predicted octanol–water partition coefficient (Wildman–Crippen LogP) is 2.39. The first kappa shape index (κ1) is 13.4. The maximum Gasteiger partial charge on any atom is 0.118 e. The van der Waals surface area contributed by atoms with E-state index in [4.69, 9.17) is 9.47 Å². The van der Waals surface area contributed by atoms with E-state index in [1.165, 1.54) is 18.4 Å². The Morgan fingerprint density at radius 2 is 2.17 bits per heavy atom. The summed E-state index contributed by atoms with van der Waals surface area (Å²) in [6.45, 7) is 4.12. The average Bonchev–Trinajstić information content (AvgIpc) is 2.90. The second-order valence-electron chi connectivity index (χ2n) is 5.00. The van der Waals surface area contributed by atoms with Crippen LogP contribution in [0.3, 0.4) is 0 Å². The number of methoxy groups -OCH3 is 1. The van der Waals surface area contributed by atoms with E-state index in [-0.39, 0.29) is 0 Å². The minimum Gasteiger partial charge on any atom is -0.497 e. The highest BCUT2D eigenvalue weighted by atomic mass is 16.5. The van der Waals surface area contributed by atoms with Crippen molar-refractivity contribution < 1.29 is 9.47 Å². The molecule has 0 bridgehead atoms. The molecule has 1 aliphatic heterocycles. The molecule has 0 spiro atoms. The van der Waals surface area contributed by atoms with Gasteiger partial charge in [-0.3, -0.25) is 0 Å². The van der Waals surface area contributed by atoms with Crippen LogP contribution in [0.15, 0.2) is 24.3 Å². The lowest BCUT2D eigenvalue weighted by Crippen LogP contribution is -2.34. The Bertz CT molecular complexity index is 344. The second kappa shape index (κ2) is 6.76. The average molecular weight is 249 g/mol. The molecule has 0 radical (unpaired) electrons. The molecule has 1 heterocycles. The van der Waals surface area contributed by atoms with Gasteiger partial charge in [0.15, 0.2) is 0 Å². The number of hydrogen-bond donors (Lipinski definition) is 1. The second-order valence-corrected chi connectivity index (χ2v) is 5.00. The standard InChI is InChI=1S/C15H23NO2/c1-12(16-11-15-4-3-9-18-15)10-13-5-7-14(17-2)8-6-13/h5-8,12,15-16H,3-4,9-11H2,1-2H3/t12-,15-/m0/s1. The fourth-order valence-corrected chi connectivity index (χ4v) is 2.33. The van der Waals surface area contributed by atoms with Gasteiger partial charge in [-0.05, 0) is 43.9 Å². The van der Waals surface area contributed by atoms with E-state index in [0.29, 0.717) is 12.1 Å². The van der Waals surface area contributed by atoms with E-state index in [1.54, 1.807) is 7.11 Å². The molecule has 0 unspecified atom stereocenters. The third kappa shape index (κ3) is 4.00. The van der Waals surface area contributed by atoms with E-state index in [1.807, 2.05) is 12.1 Å². The normalized spacial score (nSPS) is 20.9. The van der Waals surface area contributed by atoms with Crippen molar-refractivity contribution in [2.75, 3.05) is 20.3 Å². The first-order chi connectivity index (χ1) is 8.78. The van der Waals surface area contributed by atoms with Crippen molar-refractivity contribution in [2.24, 2.45) is 0 Å². The van der Waals surface area contributed by atoms with Crippen LogP contribution in [0.5, 0.6) is 5.75 Å². The van der Waals surface area contributed by atoms with Crippen LogP contribution >= 0.6 is 0 Å². The van der Waals surface area contributed by atoms with Gasteiger partial charge in [-0.2, -0.15) is 0 Å². The molecule has 0 saturated carbocycles. The summed E-state index contributed by atoms with van der Waals surface area (Å²) in [5, 5.41) is 3.55. The van der Waals surface area contributed by atoms with Crippen LogP contribution in [0.1, 0.15) is 25.3 Å². The summed E-state index contributed by atoms with van der Waals surface area (Å²) >= 11 is 0. The van der Waals surface area contributed by atoms with Gasteiger partial charge in [0, 0.05) is 19.2 Å². The molecule has 3 heteroatoms. The number of nitrogens with one attached hydrogen (secondary N) is 1. The SMILES string of the molecule is COc1ccc(C[C@H](C)NC[C@@H]2CCCO2)cc1. The zero-order chi connectivity index (χ0) is 12.8. The third-order valence-electron chi connectivity index (χ3n) is 3.42. The van der Waals surface area contributed by atoms with Gasteiger partial charge >= 0.3 is 0 Å². The van der Waals surface area contributed by atoms with Crippen LogP contribution in [-0.2, 0) is 11.2 Å². The van der Waals surface area contributed by atoms with Crippen molar-refractivity contribution in [1.82, 2.24) is 5.32 Å². The number of ether oxygens (including phenoxy) is 2. The molecule has 1 aromatic carbocycles. The van der Waals surface area contributed by atoms with Gasteiger partial charge in [-0.1, -0.05) is 12.1 Å². The highest BCUT2D eigenvalue weighted by Crippen LogP contribution is 2.13. The molecule has 2 atom stereocenters. The molecule has 0 aliphatic carbocycles. The van der Waals surface area contributed by atoms with E-state index in [0.717, 1.165) is 25.3 Å². The first-order valence-electron chi connectivity index (χ1n) is 6.76. The quantitative estimate of drug-likeness (QED) is 0.839. The summed E-state index contributed by atoms with van der Waals surface area (Å²) in [7, 11) is 1.70. The molecule has 18 heavy (non-hydrogen) atoms. The van der Waals surface area contributed by atoms with Crippen molar-refractivity contribution in [3.8, 4) is 5.75 Å². The Kier molecular flexibility index (Phi) is 5.02. The third-order valence-corrected chi connectivity index (χ3v) is 3.42. The molecular weight excluding hydrogens is 226 g/mol. The summed E-state index contributed by atoms with van der Waals surface area (Å²) in [6.07, 6.45) is 3.86. The molecule has 2 rings (SSSR count). The summed E-state index contributed by atoms with van der Waals surface area (Å²) in [5.74, 6) is 0.915. The first-order valence-corrected chi connectivity index (χ1v) is 6.76. The summed E-state index contributed by atoms with van der Waals surface area (Å²) in [4.78, 5) is 0. The smallest absolute Gasteiger partial charge is 0.118 e. The Hall–Kier alpha value is -1.06. The van der Waals surface area contributed by atoms with Gasteiger partial charge in [0.25, 0.3) is 0 Å². The molecule has 1 fully saturated rings. The zero-order valence-corrected chi connectivity index (χ0v) is 11.3. The minimum atomic E-state index is 0.420. The Balaban J connectivity index is 1.73. The molecule has 3 nitrogen and oxygen atoms in total. The van der Waals surface area contributed by atoms with Crippen molar-refractivity contribution in [3.63, 3.8) is 0 Å². The molecular formula is C15H23NO2. The monoisotopic (exact) mass is 249 g/mol. The number of hydrogen-bond acceptors (Lipinski definition) is 3. The largest absolute Gasteiger partial charge is 0.497 e. The highest BCUT2D eigenvalue weighted by Gasteiger charge is 2.15. The molecule has 1 aliphatic rings. The molecule has 0 aromatic heterocycles. The summed E-state index contributed by atoms with van der Waals surface area (Å²) < 4.78 is 10.8. The lowest BCUT2D eigenvalue weighted by atomic mass is 10.1. The van der Waals surface area contributed by atoms with Gasteiger partial charge in [0.05, 0.1) is 13.2 Å². The number of benzene rings is 1. The van der Waals surface area contributed by atoms with Crippen LogP contribution in [0.4, 0.5) is 0 Å². The molecule has 0 amide bonds. The molecule has 1 aromatic rings. The van der Waals surface area contributed by atoms with Crippen LogP contribution in [-0.4, -0.2) is 32.4 Å². The van der Waals surface area contributed by atoms with E-state index in [2.05, 4.69) is 24.4 Å². The Labute approximate surface area is 109 Å². The van der Waals surface area contributed by atoms with Gasteiger partial charge in [0.1, 0.15) is 5.75 Å². The highest BCUT2D eigenvalue weighted by molar-refractivity contribution is 5.27. The van der Waals surface area contributed by atoms with E-state index >= 15 is 0 Å². The minimum absolute atomic E-state index is 0.420. The van der Waals surface area contributed by atoms with E-state index in [9.17, 15) is 0 Å². The lowest BCUT2D eigenvalue weighted by Gasteiger charge is -2.17. The predicted molar refractivity (Wildman–Crippen MR) is 73.1 cm³/mol. The van der Waals surface area contributed by atoms with Crippen molar-refractivity contribution >= 4 is 0 Å². The zero-order valence-electron chi connectivity index (χ0n) is 11.3. The molecule has 1 N–H and O–H groups in total. The van der Waals surface area contributed by atoms with Crippen LogP contribution in [0.25, 0.3) is 0 Å². The Morgan fingerprint density at radius 1 is 1.39 bits per heavy atom. The van der Waals surface area contributed by atoms with Gasteiger partial charge in [-0.25, -0.2) is 0 Å². The van der Waals surface area contributed by atoms with E-state index < -0.39 is 0 Å². The lowest BCUT2D eigenvalue weighted by molar-refractivity contribution is 0.108.